The van der Waals surface area contributed by atoms with Gasteiger partial charge >= 0.3 is 0 Å². The molecule has 6 heteroatoms. The van der Waals surface area contributed by atoms with Crippen molar-refractivity contribution in [3.05, 3.63) is 83.3 Å². The molecular formula is C22H19FN4O. The molecule has 4 rings (SSSR count). The van der Waals surface area contributed by atoms with Gasteiger partial charge in [-0.2, -0.15) is 0 Å². The van der Waals surface area contributed by atoms with Crippen LogP contribution in [0.1, 0.15) is 27.4 Å². The van der Waals surface area contributed by atoms with Crippen LogP contribution in [0.15, 0.2) is 54.9 Å². The smallest absolute Gasteiger partial charge is 0.256 e. The number of pyridine rings is 1. The van der Waals surface area contributed by atoms with E-state index in [1.165, 1.54) is 6.07 Å². The molecule has 0 unspecified atom stereocenters. The first-order chi connectivity index (χ1) is 13.4. The van der Waals surface area contributed by atoms with Crippen LogP contribution in [0.2, 0.25) is 0 Å². The van der Waals surface area contributed by atoms with Crippen molar-refractivity contribution >= 4 is 22.5 Å². The molecule has 140 valence electrons. The van der Waals surface area contributed by atoms with E-state index in [1.807, 2.05) is 32.0 Å². The molecule has 0 aliphatic heterocycles. The first kappa shape index (κ1) is 17.9. The highest BCUT2D eigenvalue weighted by Gasteiger charge is 2.14. The summed E-state index contributed by atoms with van der Waals surface area (Å²) in [5, 5.41) is 3.57. The highest BCUT2D eigenvalue weighted by molar-refractivity contribution is 6.12. The van der Waals surface area contributed by atoms with E-state index < -0.39 is 5.82 Å². The average Bonchev–Trinajstić information content (AvgIpc) is 3.07. The van der Waals surface area contributed by atoms with Gasteiger partial charge in [0.25, 0.3) is 5.91 Å². The Morgan fingerprint density at radius 2 is 1.89 bits per heavy atom. The zero-order valence-corrected chi connectivity index (χ0v) is 15.8. The van der Waals surface area contributed by atoms with Crippen molar-refractivity contribution < 1.29 is 9.18 Å². The van der Waals surface area contributed by atoms with Gasteiger partial charge in [-0.3, -0.25) is 9.78 Å². The summed E-state index contributed by atoms with van der Waals surface area (Å²) in [6, 6.07) is 12.2. The molecule has 5 nitrogen and oxygen atoms in total. The Balaban J connectivity index is 1.68. The molecule has 0 bridgehead atoms. The van der Waals surface area contributed by atoms with Crippen LogP contribution in [0.3, 0.4) is 0 Å². The summed E-state index contributed by atoms with van der Waals surface area (Å²) in [7, 11) is 0. The molecule has 0 fully saturated rings. The molecule has 4 aromatic rings. The summed E-state index contributed by atoms with van der Waals surface area (Å²) >= 11 is 0. The Bertz CT molecular complexity index is 1210. The van der Waals surface area contributed by atoms with Gasteiger partial charge in [-0.1, -0.05) is 11.6 Å². The number of amides is 1. The molecule has 0 radical (unpaired) electrons. The van der Waals surface area contributed by atoms with Crippen LogP contribution in [0.25, 0.3) is 16.6 Å². The molecule has 0 atom stereocenters. The normalized spacial score (nSPS) is 11.0. The Labute approximate surface area is 161 Å². The second-order valence-corrected chi connectivity index (χ2v) is 6.80. The number of carbonyl (C=O) groups is 1. The Morgan fingerprint density at radius 1 is 1.07 bits per heavy atom. The SMILES string of the molecule is Cc1ccc2nc(C)cc(C(=O)Nc3ccc(-n4ccnc4C)c(F)c3)c2c1. The number of anilines is 1. The topological polar surface area (TPSA) is 59.8 Å². The van der Waals surface area contributed by atoms with Gasteiger partial charge in [0.05, 0.1) is 16.8 Å². The van der Waals surface area contributed by atoms with E-state index in [0.29, 0.717) is 22.8 Å². The number of fused-ring (bicyclic) bond motifs is 1. The number of benzene rings is 2. The van der Waals surface area contributed by atoms with Crippen molar-refractivity contribution in [1.29, 1.82) is 0 Å². The molecule has 0 spiro atoms. The minimum absolute atomic E-state index is 0.299. The number of aryl methyl sites for hydroxylation is 3. The molecule has 28 heavy (non-hydrogen) atoms. The van der Waals surface area contributed by atoms with Crippen LogP contribution in [0, 0.1) is 26.6 Å². The summed E-state index contributed by atoms with van der Waals surface area (Å²) < 4.78 is 16.3. The minimum atomic E-state index is -0.439. The molecule has 2 aromatic heterocycles. The van der Waals surface area contributed by atoms with E-state index in [-0.39, 0.29) is 5.91 Å². The van der Waals surface area contributed by atoms with Gasteiger partial charge < -0.3 is 9.88 Å². The third-order valence-electron chi connectivity index (χ3n) is 4.63. The van der Waals surface area contributed by atoms with Crippen molar-refractivity contribution in [3.8, 4) is 5.69 Å². The number of aromatic nitrogens is 3. The highest BCUT2D eigenvalue weighted by atomic mass is 19.1. The monoisotopic (exact) mass is 374 g/mol. The molecule has 0 saturated carbocycles. The molecule has 2 aromatic carbocycles. The van der Waals surface area contributed by atoms with Gasteiger partial charge in [-0.25, -0.2) is 9.37 Å². The van der Waals surface area contributed by atoms with Crippen molar-refractivity contribution in [2.24, 2.45) is 0 Å². The fourth-order valence-electron chi connectivity index (χ4n) is 3.27. The largest absolute Gasteiger partial charge is 0.322 e. The van der Waals surface area contributed by atoms with Crippen LogP contribution in [0.4, 0.5) is 10.1 Å². The predicted octanol–water partition coefficient (Wildman–Crippen LogP) is 4.74. The lowest BCUT2D eigenvalue weighted by Gasteiger charge is -2.12. The molecule has 0 saturated heterocycles. The summed E-state index contributed by atoms with van der Waals surface area (Å²) in [5.41, 5.74) is 3.83. The number of nitrogens with zero attached hydrogens (tertiary/aromatic N) is 3. The summed E-state index contributed by atoms with van der Waals surface area (Å²) in [4.78, 5) is 21.5. The highest BCUT2D eigenvalue weighted by Crippen LogP contribution is 2.23. The van der Waals surface area contributed by atoms with E-state index >= 15 is 0 Å². The number of hydrogen-bond acceptors (Lipinski definition) is 3. The van der Waals surface area contributed by atoms with Gasteiger partial charge in [-0.05, 0) is 57.2 Å². The molecule has 1 amide bonds. The Kier molecular flexibility index (Phi) is 4.39. The van der Waals surface area contributed by atoms with Crippen LogP contribution in [0.5, 0.6) is 0 Å². The zero-order valence-electron chi connectivity index (χ0n) is 15.8. The Hall–Kier alpha value is -3.54. The van der Waals surface area contributed by atoms with Gasteiger partial charge in [0.2, 0.25) is 0 Å². The fourth-order valence-corrected chi connectivity index (χ4v) is 3.27. The van der Waals surface area contributed by atoms with Gasteiger partial charge in [0, 0.05) is 29.2 Å². The van der Waals surface area contributed by atoms with Gasteiger partial charge in [0.15, 0.2) is 0 Å². The molecule has 2 heterocycles. The lowest BCUT2D eigenvalue weighted by molar-refractivity contribution is 0.102. The number of nitrogens with one attached hydrogen (secondary N) is 1. The number of rotatable bonds is 3. The van der Waals surface area contributed by atoms with E-state index in [1.54, 1.807) is 42.1 Å². The quantitative estimate of drug-likeness (QED) is 0.564. The maximum absolute atomic E-state index is 14.6. The molecule has 0 aliphatic rings. The molecule has 0 aliphatic carbocycles. The number of imidazole rings is 1. The number of halogens is 1. The maximum atomic E-state index is 14.6. The zero-order chi connectivity index (χ0) is 19.8. The third-order valence-corrected chi connectivity index (χ3v) is 4.63. The first-order valence-electron chi connectivity index (χ1n) is 8.91. The van der Waals surface area contributed by atoms with Crippen molar-refractivity contribution in [1.82, 2.24) is 14.5 Å². The third kappa shape index (κ3) is 3.24. The van der Waals surface area contributed by atoms with E-state index in [4.69, 9.17) is 0 Å². The lowest BCUT2D eigenvalue weighted by Crippen LogP contribution is -2.13. The number of hydrogen-bond donors (Lipinski definition) is 1. The minimum Gasteiger partial charge on any atom is -0.322 e. The van der Waals surface area contributed by atoms with E-state index in [0.717, 1.165) is 22.2 Å². The van der Waals surface area contributed by atoms with Crippen molar-refractivity contribution in [2.75, 3.05) is 5.32 Å². The van der Waals surface area contributed by atoms with Crippen LogP contribution < -0.4 is 5.32 Å². The summed E-state index contributed by atoms with van der Waals surface area (Å²) in [6.07, 6.45) is 3.31. The van der Waals surface area contributed by atoms with Crippen LogP contribution in [-0.2, 0) is 0 Å². The van der Waals surface area contributed by atoms with Crippen molar-refractivity contribution in [2.45, 2.75) is 20.8 Å². The second kappa shape index (κ2) is 6.88. The number of carbonyl (C=O) groups excluding carboxylic acids is 1. The first-order valence-corrected chi connectivity index (χ1v) is 8.91. The maximum Gasteiger partial charge on any atom is 0.256 e. The predicted molar refractivity (Wildman–Crippen MR) is 107 cm³/mol. The van der Waals surface area contributed by atoms with Crippen molar-refractivity contribution in [3.63, 3.8) is 0 Å². The van der Waals surface area contributed by atoms with Gasteiger partial charge in [0.1, 0.15) is 11.6 Å². The summed E-state index contributed by atoms with van der Waals surface area (Å²) in [5.74, 6) is -0.0534. The van der Waals surface area contributed by atoms with Crippen LogP contribution >= 0.6 is 0 Å². The van der Waals surface area contributed by atoms with Crippen LogP contribution in [-0.4, -0.2) is 20.4 Å². The second-order valence-electron chi connectivity index (χ2n) is 6.80. The Morgan fingerprint density at radius 3 is 2.61 bits per heavy atom. The van der Waals surface area contributed by atoms with Gasteiger partial charge in [-0.15, -0.1) is 0 Å². The standard InChI is InChI=1S/C22H19FN4O/c1-13-4-6-20-17(10-13)18(11-14(2)25-20)22(28)26-16-5-7-21(19(23)12-16)27-9-8-24-15(27)3/h4-12H,1-3H3,(H,26,28). The van der Waals surface area contributed by atoms with E-state index in [2.05, 4.69) is 15.3 Å². The lowest BCUT2D eigenvalue weighted by atomic mass is 10.0. The molecular weight excluding hydrogens is 355 g/mol. The fraction of sp³-hybridized carbons (Fsp3) is 0.136. The molecule has 1 N–H and O–H groups in total. The van der Waals surface area contributed by atoms with E-state index in [9.17, 15) is 9.18 Å². The summed E-state index contributed by atoms with van der Waals surface area (Å²) in [6.45, 7) is 5.61. The average molecular weight is 374 g/mol.